The summed E-state index contributed by atoms with van der Waals surface area (Å²) in [6.45, 7) is 4.70. The van der Waals surface area contributed by atoms with Crippen LogP contribution >= 0.6 is 0 Å². The van der Waals surface area contributed by atoms with Crippen LogP contribution in [0.2, 0.25) is 0 Å². The third-order valence-electron chi connectivity index (χ3n) is 11.8. The van der Waals surface area contributed by atoms with Crippen LogP contribution in [0.25, 0.3) is 56.2 Å². The van der Waals surface area contributed by atoms with Gasteiger partial charge >= 0.3 is 0 Å². The van der Waals surface area contributed by atoms with E-state index in [1.807, 2.05) is 24.3 Å². The molecule has 1 aliphatic carbocycles. The third-order valence-corrected chi connectivity index (χ3v) is 11.8. The predicted octanol–water partition coefficient (Wildman–Crippen LogP) is 13.5. The van der Waals surface area contributed by atoms with E-state index in [0.29, 0.717) is 5.92 Å². The van der Waals surface area contributed by atoms with E-state index in [1.165, 1.54) is 50.1 Å². The first-order valence-corrected chi connectivity index (χ1v) is 19.6. The van der Waals surface area contributed by atoms with E-state index >= 15 is 0 Å². The highest BCUT2D eigenvalue weighted by molar-refractivity contribution is 6.03. The van der Waals surface area contributed by atoms with Crippen molar-refractivity contribution in [3.8, 4) is 56.2 Å². The van der Waals surface area contributed by atoms with E-state index in [1.54, 1.807) is 0 Å². The SMILES string of the molecule is CC1(C)c2cc(-c3ccc(C4=Nc5ccccc5C(c5ccccc5)CC4)cc3)ccc2-c2ccc(-c3cc(-c4ccccc4)nc(-c4ccccc4)n3)cc21. The van der Waals surface area contributed by atoms with Crippen LogP contribution in [0.4, 0.5) is 5.69 Å². The van der Waals surface area contributed by atoms with Crippen LogP contribution in [0.1, 0.15) is 60.4 Å². The molecular formula is C53H41N3. The molecule has 1 unspecified atom stereocenters. The van der Waals surface area contributed by atoms with Crippen LogP contribution in [-0.2, 0) is 5.41 Å². The van der Waals surface area contributed by atoms with E-state index in [0.717, 1.165) is 58.1 Å². The van der Waals surface area contributed by atoms with Gasteiger partial charge in [-0.05, 0) is 87.2 Å². The molecule has 8 aromatic rings. The number of benzene rings is 7. The fraction of sp³-hybridized carbons (Fsp3) is 0.113. The molecule has 56 heavy (non-hydrogen) atoms. The number of rotatable bonds is 6. The van der Waals surface area contributed by atoms with E-state index in [-0.39, 0.29) is 5.41 Å². The molecule has 0 radical (unpaired) electrons. The minimum absolute atomic E-state index is 0.189. The van der Waals surface area contributed by atoms with Gasteiger partial charge in [0, 0.05) is 33.7 Å². The first kappa shape index (κ1) is 33.8. The van der Waals surface area contributed by atoms with Gasteiger partial charge in [0.2, 0.25) is 0 Å². The number of para-hydroxylation sites is 1. The first-order valence-electron chi connectivity index (χ1n) is 19.6. The lowest BCUT2D eigenvalue weighted by Crippen LogP contribution is -2.15. The topological polar surface area (TPSA) is 38.1 Å². The van der Waals surface area contributed by atoms with Gasteiger partial charge in [-0.1, -0.05) is 172 Å². The summed E-state index contributed by atoms with van der Waals surface area (Å²) in [5, 5.41) is 0. The minimum atomic E-state index is -0.189. The fourth-order valence-electron chi connectivity index (χ4n) is 8.76. The van der Waals surface area contributed by atoms with Crippen LogP contribution in [0.3, 0.4) is 0 Å². The van der Waals surface area contributed by atoms with Gasteiger partial charge in [0.05, 0.1) is 17.1 Å². The Hall–Kier alpha value is -6.71. The van der Waals surface area contributed by atoms with E-state index < -0.39 is 0 Å². The number of aromatic nitrogens is 2. The average molecular weight is 720 g/mol. The summed E-state index contributed by atoms with van der Waals surface area (Å²) in [6.07, 6.45) is 1.96. The third kappa shape index (κ3) is 6.06. The Morgan fingerprint density at radius 1 is 0.464 bits per heavy atom. The molecule has 0 amide bonds. The van der Waals surface area contributed by atoms with Crippen LogP contribution < -0.4 is 0 Å². The van der Waals surface area contributed by atoms with Gasteiger partial charge in [0.1, 0.15) is 0 Å². The Morgan fingerprint density at radius 3 is 1.70 bits per heavy atom. The zero-order chi connectivity index (χ0) is 37.6. The number of aliphatic imine (C=N–C) groups is 1. The Labute approximate surface area is 329 Å². The second-order valence-electron chi connectivity index (χ2n) is 15.5. The molecule has 0 saturated carbocycles. The average Bonchev–Trinajstić information content (AvgIpc) is 3.36. The van der Waals surface area contributed by atoms with Crippen molar-refractivity contribution in [1.29, 1.82) is 0 Å². The summed E-state index contributed by atoms with van der Waals surface area (Å²) in [5.74, 6) is 1.07. The van der Waals surface area contributed by atoms with E-state index in [9.17, 15) is 0 Å². The maximum absolute atomic E-state index is 5.25. The predicted molar refractivity (Wildman–Crippen MR) is 231 cm³/mol. The molecule has 0 N–H and O–H groups in total. The quantitative estimate of drug-likeness (QED) is 0.172. The van der Waals surface area contributed by atoms with Crippen LogP contribution in [0.5, 0.6) is 0 Å². The van der Waals surface area contributed by atoms with Crippen molar-refractivity contribution in [3.63, 3.8) is 0 Å². The van der Waals surface area contributed by atoms with Crippen molar-refractivity contribution in [3.05, 3.63) is 210 Å². The second-order valence-corrected chi connectivity index (χ2v) is 15.5. The molecule has 3 heteroatoms. The molecule has 10 rings (SSSR count). The largest absolute Gasteiger partial charge is 0.253 e. The highest BCUT2D eigenvalue weighted by Crippen LogP contribution is 2.51. The Balaban J connectivity index is 0.956. The summed E-state index contributed by atoms with van der Waals surface area (Å²) in [4.78, 5) is 15.4. The Morgan fingerprint density at radius 2 is 1.00 bits per heavy atom. The van der Waals surface area contributed by atoms with Gasteiger partial charge in [-0.3, -0.25) is 4.99 Å². The van der Waals surface area contributed by atoms with Crippen LogP contribution in [0, 0.1) is 0 Å². The highest BCUT2D eigenvalue weighted by Gasteiger charge is 2.36. The number of hydrogen-bond acceptors (Lipinski definition) is 3. The number of hydrogen-bond donors (Lipinski definition) is 0. The molecule has 0 fully saturated rings. The van der Waals surface area contributed by atoms with E-state index in [2.05, 4.69) is 172 Å². The minimum Gasteiger partial charge on any atom is -0.253 e. The molecule has 0 bridgehead atoms. The van der Waals surface area contributed by atoms with Crippen molar-refractivity contribution >= 4 is 11.4 Å². The summed E-state index contributed by atoms with van der Waals surface area (Å²) >= 11 is 0. The summed E-state index contributed by atoms with van der Waals surface area (Å²) in [7, 11) is 0. The molecular weight excluding hydrogens is 679 g/mol. The van der Waals surface area contributed by atoms with Crippen molar-refractivity contribution in [2.24, 2.45) is 4.99 Å². The van der Waals surface area contributed by atoms with Gasteiger partial charge in [0.25, 0.3) is 0 Å². The van der Waals surface area contributed by atoms with Gasteiger partial charge in [-0.2, -0.15) is 0 Å². The van der Waals surface area contributed by atoms with E-state index in [4.69, 9.17) is 15.0 Å². The van der Waals surface area contributed by atoms with Crippen LogP contribution in [-0.4, -0.2) is 15.7 Å². The lowest BCUT2D eigenvalue weighted by Gasteiger charge is -2.22. The molecule has 0 saturated heterocycles. The normalized spacial score (nSPS) is 15.2. The molecule has 7 aromatic carbocycles. The molecule has 2 aliphatic rings. The van der Waals surface area contributed by atoms with Crippen molar-refractivity contribution < 1.29 is 0 Å². The zero-order valence-electron chi connectivity index (χ0n) is 31.7. The second kappa shape index (κ2) is 13.9. The van der Waals surface area contributed by atoms with Crippen LogP contribution in [0.15, 0.2) is 187 Å². The van der Waals surface area contributed by atoms with Gasteiger partial charge in [0.15, 0.2) is 5.82 Å². The van der Waals surface area contributed by atoms with Crippen molar-refractivity contribution in [2.45, 2.75) is 38.0 Å². The van der Waals surface area contributed by atoms with Crippen molar-refractivity contribution in [1.82, 2.24) is 9.97 Å². The maximum atomic E-state index is 5.25. The highest BCUT2D eigenvalue weighted by atomic mass is 14.9. The molecule has 268 valence electrons. The standard InChI is InChI=1S/C53H41N3/c1-53(2)46-32-40(35-22-24-38(25-23-35)48-31-30-42(36-14-6-3-7-15-36)45-20-12-13-21-49(45)54-48)26-28-43(46)44-29-27-41(33-47(44)53)51-34-50(37-16-8-4-9-17-37)55-52(56-51)39-18-10-5-11-19-39/h3-29,32-34,42H,30-31H2,1-2H3. The fourth-order valence-corrected chi connectivity index (χ4v) is 8.76. The van der Waals surface area contributed by atoms with Gasteiger partial charge < -0.3 is 0 Å². The lowest BCUT2D eigenvalue weighted by atomic mass is 9.81. The monoisotopic (exact) mass is 719 g/mol. The molecule has 1 atom stereocenters. The Bertz CT molecular complexity index is 2690. The molecule has 1 aliphatic heterocycles. The van der Waals surface area contributed by atoms with Crippen molar-refractivity contribution in [2.75, 3.05) is 0 Å². The first-order chi connectivity index (χ1) is 27.5. The summed E-state index contributed by atoms with van der Waals surface area (Å²) in [5.41, 5.74) is 18.6. The lowest BCUT2D eigenvalue weighted by molar-refractivity contribution is 0.661. The number of nitrogens with zero attached hydrogens (tertiary/aromatic N) is 3. The molecule has 1 aromatic heterocycles. The smallest absolute Gasteiger partial charge is 0.160 e. The maximum Gasteiger partial charge on any atom is 0.160 e. The molecule has 3 nitrogen and oxygen atoms in total. The Kier molecular flexibility index (Phi) is 8.37. The molecule has 2 heterocycles. The van der Waals surface area contributed by atoms with Gasteiger partial charge in [-0.15, -0.1) is 0 Å². The molecule has 0 spiro atoms. The number of fused-ring (bicyclic) bond motifs is 4. The summed E-state index contributed by atoms with van der Waals surface area (Å²) in [6, 6.07) is 65.2. The summed E-state index contributed by atoms with van der Waals surface area (Å²) < 4.78 is 0. The van der Waals surface area contributed by atoms with Gasteiger partial charge in [-0.25, -0.2) is 9.97 Å². The zero-order valence-corrected chi connectivity index (χ0v) is 31.7.